The van der Waals surface area contributed by atoms with Crippen LogP contribution in [0.25, 0.3) is 21.7 Å². The van der Waals surface area contributed by atoms with Crippen LogP contribution in [0.4, 0.5) is 5.69 Å². The first-order valence-electron chi connectivity index (χ1n) is 9.06. The molecule has 0 spiro atoms. The summed E-state index contributed by atoms with van der Waals surface area (Å²) in [7, 11) is 1.95. The van der Waals surface area contributed by atoms with E-state index < -0.39 is 0 Å². The molecule has 0 amide bonds. The fourth-order valence-corrected chi connectivity index (χ4v) is 3.63. The summed E-state index contributed by atoms with van der Waals surface area (Å²) in [5.41, 5.74) is 4.73. The van der Waals surface area contributed by atoms with Gasteiger partial charge in [0, 0.05) is 29.4 Å². The molecule has 1 atom stereocenters. The Morgan fingerprint density at radius 1 is 1.00 bits per heavy atom. The first kappa shape index (κ1) is 15.9. The van der Waals surface area contributed by atoms with Crippen molar-refractivity contribution in [2.45, 2.75) is 32.1 Å². The maximum absolute atomic E-state index is 5.11. The molecule has 1 aliphatic rings. The largest absolute Gasteiger partial charge is 0.388 e. The highest BCUT2D eigenvalue weighted by atomic mass is 14.8. The van der Waals surface area contributed by atoms with Gasteiger partial charge < -0.3 is 5.32 Å². The van der Waals surface area contributed by atoms with Crippen molar-refractivity contribution in [2.75, 3.05) is 12.4 Å². The lowest BCUT2D eigenvalue weighted by Gasteiger charge is -2.18. The van der Waals surface area contributed by atoms with E-state index in [9.17, 15) is 0 Å². The minimum atomic E-state index is 0.345. The molecule has 1 N–H and O–H groups in total. The van der Waals surface area contributed by atoms with Crippen LogP contribution in [-0.4, -0.2) is 12.0 Å². The second-order valence-corrected chi connectivity index (χ2v) is 7.09. The van der Waals surface area contributed by atoms with Gasteiger partial charge in [0.2, 0.25) is 0 Å². The smallest absolute Gasteiger partial charge is 0.0732 e. The van der Waals surface area contributed by atoms with Crippen LogP contribution in [0.5, 0.6) is 0 Å². The van der Waals surface area contributed by atoms with E-state index in [4.69, 9.17) is 4.98 Å². The van der Waals surface area contributed by atoms with Gasteiger partial charge in [-0.25, -0.2) is 0 Å². The fraction of sp³-hybridized carbons (Fsp3) is 0.261. The van der Waals surface area contributed by atoms with E-state index >= 15 is 0 Å². The summed E-state index contributed by atoms with van der Waals surface area (Å²) in [6, 6.07) is 13.4. The van der Waals surface area contributed by atoms with E-state index in [2.05, 4.69) is 79.9 Å². The molecular weight excluding hydrogens is 304 g/mol. The van der Waals surface area contributed by atoms with Gasteiger partial charge in [0.15, 0.2) is 0 Å². The van der Waals surface area contributed by atoms with Gasteiger partial charge in [-0.1, -0.05) is 56.4 Å². The highest BCUT2D eigenvalue weighted by molar-refractivity contribution is 6.07. The molecule has 126 valence electrons. The summed E-state index contributed by atoms with van der Waals surface area (Å²) < 4.78 is 0. The number of nitrogens with one attached hydrogen (secondary N) is 1. The molecule has 0 aliphatic heterocycles. The Balaban J connectivity index is 2.04. The van der Waals surface area contributed by atoms with Crippen molar-refractivity contribution in [1.29, 1.82) is 0 Å². The maximum atomic E-state index is 5.11. The number of allylic oxidation sites excluding steroid dienone is 4. The lowest BCUT2D eigenvalue weighted by Crippen LogP contribution is -2.03. The zero-order valence-electron chi connectivity index (χ0n) is 15.1. The van der Waals surface area contributed by atoms with Gasteiger partial charge in [0.1, 0.15) is 0 Å². The normalized spacial score (nSPS) is 16.9. The van der Waals surface area contributed by atoms with Gasteiger partial charge in [0.25, 0.3) is 0 Å². The summed E-state index contributed by atoms with van der Waals surface area (Å²) in [5, 5.41) is 7.04. The Morgan fingerprint density at radius 2 is 1.84 bits per heavy atom. The van der Waals surface area contributed by atoms with Gasteiger partial charge in [0.05, 0.1) is 11.2 Å². The van der Waals surface area contributed by atoms with Crippen molar-refractivity contribution in [3.05, 3.63) is 72.0 Å². The molecule has 2 nitrogen and oxygen atoms in total. The monoisotopic (exact) mass is 328 g/mol. The van der Waals surface area contributed by atoms with E-state index in [1.807, 2.05) is 7.05 Å². The molecule has 0 fully saturated rings. The van der Waals surface area contributed by atoms with E-state index in [1.165, 1.54) is 27.4 Å². The topological polar surface area (TPSA) is 24.9 Å². The molecule has 4 rings (SSSR count). The number of hydrogen-bond acceptors (Lipinski definition) is 2. The van der Waals surface area contributed by atoms with Crippen LogP contribution in [0, 0.1) is 0 Å². The number of rotatable bonds is 3. The third-order valence-corrected chi connectivity index (χ3v) is 5.14. The van der Waals surface area contributed by atoms with Gasteiger partial charge in [-0.2, -0.15) is 0 Å². The number of fused-ring (bicyclic) bond motifs is 3. The zero-order chi connectivity index (χ0) is 17.4. The predicted molar refractivity (Wildman–Crippen MR) is 109 cm³/mol. The Labute approximate surface area is 149 Å². The lowest BCUT2D eigenvalue weighted by atomic mass is 9.89. The summed E-state index contributed by atoms with van der Waals surface area (Å²) >= 11 is 0. The SMILES string of the molecule is CNc1ccc2c(c1)nc(C1C=CC=CC1)c1cc(C(C)C)ccc12. The molecule has 2 aromatic carbocycles. The molecule has 0 saturated carbocycles. The van der Waals surface area contributed by atoms with Gasteiger partial charge in [-0.05, 0) is 41.5 Å². The standard InChI is InChI=1S/C23H24N2/c1-15(2)17-9-11-19-20-12-10-18(24-3)14-22(20)25-23(21(19)13-17)16-7-5-4-6-8-16/h4-7,9-16,24H,8H2,1-3H3. The quantitative estimate of drug-likeness (QED) is 0.583. The van der Waals surface area contributed by atoms with Gasteiger partial charge >= 0.3 is 0 Å². The van der Waals surface area contributed by atoms with Crippen LogP contribution >= 0.6 is 0 Å². The third-order valence-electron chi connectivity index (χ3n) is 5.14. The van der Waals surface area contributed by atoms with Crippen LogP contribution in [-0.2, 0) is 0 Å². The molecule has 1 aromatic heterocycles. The summed E-state index contributed by atoms with van der Waals surface area (Å²) in [6.45, 7) is 4.50. The molecule has 0 saturated heterocycles. The number of pyridine rings is 1. The molecular formula is C23H24N2. The average molecular weight is 328 g/mol. The Kier molecular flexibility index (Phi) is 4.04. The molecule has 1 aliphatic carbocycles. The first-order chi connectivity index (χ1) is 12.2. The first-order valence-corrected chi connectivity index (χ1v) is 9.06. The van der Waals surface area contributed by atoms with Crippen LogP contribution in [0.2, 0.25) is 0 Å². The number of hydrogen-bond donors (Lipinski definition) is 1. The predicted octanol–water partition coefficient (Wildman–Crippen LogP) is 6.15. The van der Waals surface area contributed by atoms with Gasteiger partial charge in [-0.15, -0.1) is 0 Å². The van der Waals surface area contributed by atoms with E-state index in [0.29, 0.717) is 11.8 Å². The summed E-state index contributed by atoms with van der Waals surface area (Å²) in [5.74, 6) is 0.860. The molecule has 1 unspecified atom stereocenters. The fourth-order valence-electron chi connectivity index (χ4n) is 3.63. The Morgan fingerprint density at radius 3 is 2.56 bits per heavy atom. The highest BCUT2D eigenvalue weighted by Gasteiger charge is 2.17. The van der Waals surface area contributed by atoms with Crippen molar-refractivity contribution in [2.24, 2.45) is 0 Å². The van der Waals surface area contributed by atoms with E-state index in [-0.39, 0.29) is 0 Å². The lowest BCUT2D eigenvalue weighted by molar-refractivity contribution is 0.829. The van der Waals surface area contributed by atoms with Crippen molar-refractivity contribution in [3.8, 4) is 0 Å². The molecule has 2 heteroatoms. The minimum absolute atomic E-state index is 0.345. The molecule has 0 bridgehead atoms. The Bertz CT molecular complexity index is 996. The third kappa shape index (κ3) is 2.82. The van der Waals surface area contributed by atoms with E-state index in [0.717, 1.165) is 17.6 Å². The van der Waals surface area contributed by atoms with Crippen LogP contribution < -0.4 is 5.32 Å². The summed E-state index contributed by atoms with van der Waals surface area (Å²) in [6.07, 6.45) is 9.79. The number of nitrogens with zero attached hydrogens (tertiary/aromatic N) is 1. The van der Waals surface area contributed by atoms with Crippen molar-refractivity contribution < 1.29 is 0 Å². The molecule has 3 aromatic rings. The van der Waals surface area contributed by atoms with Crippen LogP contribution in [0.1, 0.15) is 43.4 Å². The minimum Gasteiger partial charge on any atom is -0.388 e. The van der Waals surface area contributed by atoms with Crippen LogP contribution in [0.3, 0.4) is 0 Å². The second kappa shape index (κ2) is 6.36. The van der Waals surface area contributed by atoms with Crippen molar-refractivity contribution >= 4 is 27.4 Å². The highest BCUT2D eigenvalue weighted by Crippen LogP contribution is 2.35. The summed E-state index contributed by atoms with van der Waals surface area (Å²) in [4.78, 5) is 5.11. The molecule has 1 heterocycles. The number of benzene rings is 2. The zero-order valence-corrected chi connectivity index (χ0v) is 15.1. The van der Waals surface area contributed by atoms with Crippen molar-refractivity contribution in [3.63, 3.8) is 0 Å². The van der Waals surface area contributed by atoms with E-state index in [1.54, 1.807) is 0 Å². The second-order valence-electron chi connectivity index (χ2n) is 7.09. The average Bonchev–Trinajstić information content (AvgIpc) is 2.67. The Hall–Kier alpha value is -2.61. The van der Waals surface area contributed by atoms with Crippen molar-refractivity contribution in [1.82, 2.24) is 4.98 Å². The number of anilines is 1. The maximum Gasteiger partial charge on any atom is 0.0732 e. The van der Waals surface area contributed by atoms with Crippen LogP contribution in [0.15, 0.2) is 60.7 Å². The number of aromatic nitrogens is 1. The molecule has 25 heavy (non-hydrogen) atoms. The molecule has 0 radical (unpaired) electrons. The van der Waals surface area contributed by atoms with Gasteiger partial charge in [-0.3, -0.25) is 4.98 Å².